The number of allylic oxidation sites excluding steroid dienone is 1. The van der Waals surface area contributed by atoms with E-state index in [1.165, 1.54) is 13.8 Å². The first kappa shape index (κ1) is 62.8. The molecular formula is C53H90O25. The molecule has 4 aliphatic carbocycles. The molecular weight excluding hydrogens is 1040 g/mol. The molecule has 0 aromatic heterocycles. The average molecular weight is 1130 g/mol. The highest BCUT2D eigenvalue weighted by Gasteiger charge is 2.70. The second-order valence-electron chi connectivity index (χ2n) is 25.6. The molecule has 4 heterocycles. The Morgan fingerprint density at radius 3 is 1.59 bits per heavy atom. The third kappa shape index (κ3) is 10.9. The van der Waals surface area contributed by atoms with Gasteiger partial charge in [-0.15, -0.1) is 0 Å². The van der Waals surface area contributed by atoms with Crippen molar-refractivity contribution in [3.8, 4) is 0 Å². The second-order valence-corrected chi connectivity index (χ2v) is 25.6. The van der Waals surface area contributed by atoms with Gasteiger partial charge in [0.2, 0.25) is 12.6 Å². The van der Waals surface area contributed by atoms with Crippen molar-refractivity contribution in [3.05, 3.63) is 11.6 Å². The first-order valence-electron chi connectivity index (χ1n) is 27.7. The number of aliphatic hydroxyl groups excluding tert-OH is 15. The molecule has 1 unspecified atom stereocenters. The normalized spacial score (nSPS) is 51.4. The maximum absolute atomic E-state index is 12.7. The Morgan fingerprint density at radius 2 is 1.06 bits per heavy atom. The van der Waals surface area contributed by atoms with Crippen LogP contribution < -0.4 is 0 Å². The summed E-state index contributed by atoms with van der Waals surface area (Å²) in [6.07, 6.45) is -29.6. The van der Waals surface area contributed by atoms with Gasteiger partial charge in [0.25, 0.3) is 0 Å². The summed E-state index contributed by atoms with van der Waals surface area (Å²) in [6.45, 7) is 13.9. The van der Waals surface area contributed by atoms with Crippen LogP contribution in [0.25, 0.3) is 0 Å². The highest BCUT2D eigenvalue weighted by molar-refractivity contribution is 5.32. The summed E-state index contributed by atoms with van der Waals surface area (Å²) in [7, 11) is 0. The molecule has 25 nitrogen and oxygen atoms in total. The van der Waals surface area contributed by atoms with Crippen LogP contribution in [-0.2, 0) is 42.9 Å². The van der Waals surface area contributed by atoms with E-state index in [-0.39, 0.29) is 40.9 Å². The van der Waals surface area contributed by atoms with Gasteiger partial charge < -0.3 is 115 Å². The van der Waals surface area contributed by atoms with E-state index in [0.29, 0.717) is 32.1 Å². The molecule has 78 heavy (non-hydrogen) atoms. The first-order chi connectivity index (χ1) is 36.4. The number of aliphatic hydroxyl groups is 16. The van der Waals surface area contributed by atoms with E-state index < -0.39 is 178 Å². The maximum Gasteiger partial charge on any atom is 0.222 e. The van der Waals surface area contributed by atoms with Crippen molar-refractivity contribution in [2.75, 3.05) is 19.8 Å². The molecule has 30 atom stereocenters. The Morgan fingerprint density at radius 1 is 0.577 bits per heavy atom. The van der Waals surface area contributed by atoms with Gasteiger partial charge in [-0.25, -0.2) is 0 Å². The summed E-state index contributed by atoms with van der Waals surface area (Å²) in [6, 6.07) is 0. The van der Waals surface area contributed by atoms with Crippen molar-refractivity contribution in [2.45, 2.75) is 254 Å². The molecule has 452 valence electrons. The molecule has 0 aromatic carbocycles. The van der Waals surface area contributed by atoms with Gasteiger partial charge in [0, 0.05) is 10.8 Å². The van der Waals surface area contributed by atoms with Crippen LogP contribution in [0.1, 0.15) is 107 Å². The van der Waals surface area contributed by atoms with E-state index in [9.17, 15) is 81.7 Å². The van der Waals surface area contributed by atoms with Gasteiger partial charge in [0.05, 0.1) is 43.7 Å². The van der Waals surface area contributed by atoms with Gasteiger partial charge in [0.1, 0.15) is 91.6 Å². The van der Waals surface area contributed by atoms with Crippen molar-refractivity contribution < 1.29 is 125 Å². The molecule has 0 radical (unpaired) electrons. The molecule has 0 amide bonds. The zero-order valence-electron chi connectivity index (χ0n) is 45.8. The number of hydrogen-bond donors (Lipinski definition) is 16. The SMILES string of the molecule is C[C@H](CC[C@@H](O[C@@H]1O[C@H](OOC2O[C@H](CO)[C@@H](O)[C@H](O)[C@H]2O)[C@@H](O)[C@H](O)[C@H]1O[C@@H]1O[C@H](CO)[C@@H](O)[C@H](O)[C@H]1O)C(C)(C)O)[C@H]1CC[C@@]2(C)[C@H]3CC=C4[C@@H](CC[C@H](O[C@@H]5O[C@H](CO)[C@@H](O)[C@H](O)[C@H]5O)C4(C)C)[C@]3(C)[C@H](O)C[C@]12C. The topological polar surface area (TPSA) is 407 Å². The summed E-state index contributed by atoms with van der Waals surface area (Å²) < 4.78 is 41.5. The van der Waals surface area contributed by atoms with Crippen LogP contribution in [0, 0.1) is 45.3 Å². The molecule has 7 fully saturated rings. The summed E-state index contributed by atoms with van der Waals surface area (Å²) in [5, 5.41) is 172. The average Bonchev–Trinajstić information content (AvgIpc) is 3.21. The number of rotatable bonds is 17. The van der Waals surface area contributed by atoms with E-state index in [4.69, 9.17) is 42.9 Å². The monoisotopic (exact) mass is 1130 g/mol. The highest BCUT2D eigenvalue weighted by atomic mass is 17.3. The molecule has 3 saturated carbocycles. The van der Waals surface area contributed by atoms with E-state index in [1.807, 2.05) is 0 Å². The van der Waals surface area contributed by atoms with E-state index in [2.05, 4.69) is 47.6 Å². The molecule has 0 aromatic rings. The van der Waals surface area contributed by atoms with E-state index in [1.54, 1.807) is 0 Å². The largest absolute Gasteiger partial charge is 0.394 e. The minimum absolute atomic E-state index is 0.00196. The van der Waals surface area contributed by atoms with E-state index in [0.717, 1.165) is 18.4 Å². The minimum Gasteiger partial charge on any atom is -0.394 e. The molecule has 4 saturated heterocycles. The van der Waals surface area contributed by atoms with Gasteiger partial charge in [-0.3, -0.25) is 0 Å². The molecule has 0 spiro atoms. The molecule has 25 heteroatoms. The zero-order chi connectivity index (χ0) is 57.5. The van der Waals surface area contributed by atoms with Gasteiger partial charge in [-0.2, -0.15) is 9.78 Å². The van der Waals surface area contributed by atoms with Crippen LogP contribution in [0.3, 0.4) is 0 Å². The molecule has 8 rings (SSSR count). The summed E-state index contributed by atoms with van der Waals surface area (Å²) in [5.74, 6) is 0.157. The van der Waals surface area contributed by atoms with Crippen LogP contribution in [0.2, 0.25) is 0 Å². The van der Waals surface area contributed by atoms with Crippen molar-refractivity contribution in [3.63, 3.8) is 0 Å². The lowest BCUT2D eigenvalue weighted by Crippen LogP contribution is -2.65. The lowest BCUT2D eigenvalue weighted by Gasteiger charge is -2.67. The highest BCUT2D eigenvalue weighted by Crippen LogP contribution is 2.75. The predicted molar refractivity (Wildman–Crippen MR) is 264 cm³/mol. The third-order valence-corrected chi connectivity index (χ3v) is 20.5. The predicted octanol–water partition coefficient (Wildman–Crippen LogP) is -3.34. The van der Waals surface area contributed by atoms with Crippen molar-refractivity contribution in [1.29, 1.82) is 0 Å². The Hall–Kier alpha value is -1.26. The Labute approximate surface area is 454 Å². The fraction of sp³-hybridized carbons (Fsp3) is 0.962. The molecule has 8 aliphatic rings. The molecule has 0 bridgehead atoms. The Bertz CT molecular complexity index is 2020. The summed E-state index contributed by atoms with van der Waals surface area (Å²) >= 11 is 0. The van der Waals surface area contributed by atoms with E-state index >= 15 is 0 Å². The summed E-state index contributed by atoms with van der Waals surface area (Å²) in [5.41, 5.74) is -2.17. The smallest absolute Gasteiger partial charge is 0.222 e. The first-order valence-corrected chi connectivity index (χ1v) is 27.7. The van der Waals surface area contributed by atoms with Crippen LogP contribution >= 0.6 is 0 Å². The fourth-order valence-corrected chi connectivity index (χ4v) is 15.3. The zero-order valence-corrected chi connectivity index (χ0v) is 45.8. The summed E-state index contributed by atoms with van der Waals surface area (Å²) in [4.78, 5) is 10.5. The van der Waals surface area contributed by atoms with Crippen molar-refractivity contribution in [1.82, 2.24) is 0 Å². The van der Waals surface area contributed by atoms with Crippen molar-refractivity contribution in [2.24, 2.45) is 45.3 Å². The lowest BCUT2D eigenvalue weighted by molar-refractivity contribution is -0.500. The third-order valence-electron chi connectivity index (χ3n) is 20.5. The van der Waals surface area contributed by atoms with Gasteiger partial charge in [0.15, 0.2) is 18.9 Å². The molecule has 16 N–H and O–H groups in total. The number of hydrogen-bond acceptors (Lipinski definition) is 25. The second kappa shape index (κ2) is 23.7. The van der Waals surface area contributed by atoms with Crippen LogP contribution in [0.4, 0.5) is 0 Å². The number of ether oxygens (including phenoxy) is 7. The number of fused-ring (bicyclic) bond motifs is 5. The van der Waals surface area contributed by atoms with Crippen LogP contribution in [0.5, 0.6) is 0 Å². The standard InChI is InChI=1S/C53H90O25/c1-21(22-15-16-51(6)28-12-10-23-24(53(28,8)29(57)17-52(22,51)7)11-14-30(49(23,2)3)73-44-39(65)35(61)32(58)25(18-54)70-44)9-13-31(50(4,5)69)74-48-43(75-45-40(66)36(62)33(59)26(19-55)71-45)38(64)42(68)47(76-48)78-77-46-41(67)37(63)34(60)27(20-56)72-46/h10,21-22,24-48,54-69H,9,11-20H2,1-8H3/t21-,22-,24-,25-,26-,27-,28-,29-,30+,31-,32-,33-,34-,35+,36+,37+,38+,39-,40-,41-,42+,43-,44+,45+,46?,47-,48-,51+,52-,53+/m1/s1. The van der Waals surface area contributed by atoms with Gasteiger partial charge in [-0.1, -0.05) is 53.2 Å². The van der Waals surface area contributed by atoms with Crippen molar-refractivity contribution >= 4 is 0 Å². The lowest BCUT2D eigenvalue weighted by atomic mass is 9.38. The Balaban J connectivity index is 0.987. The Kier molecular flexibility index (Phi) is 19.0. The quantitative estimate of drug-likeness (QED) is 0.0385. The molecule has 4 aliphatic heterocycles. The van der Waals surface area contributed by atoms with Crippen LogP contribution in [0.15, 0.2) is 11.6 Å². The fourth-order valence-electron chi connectivity index (χ4n) is 15.3. The van der Waals surface area contributed by atoms with Gasteiger partial charge >= 0.3 is 0 Å². The van der Waals surface area contributed by atoms with Crippen LogP contribution in [-0.4, -0.2) is 248 Å². The minimum atomic E-state index is -2.08. The van der Waals surface area contributed by atoms with Gasteiger partial charge in [-0.05, 0) is 99.7 Å². The maximum atomic E-state index is 12.7.